The first-order valence-electron chi connectivity index (χ1n) is 7.89. The first kappa shape index (κ1) is 15.8. The van der Waals surface area contributed by atoms with Crippen molar-refractivity contribution in [1.82, 2.24) is 9.47 Å². The summed E-state index contributed by atoms with van der Waals surface area (Å²) in [6, 6.07) is 14.0. The van der Waals surface area contributed by atoms with Crippen molar-refractivity contribution in [1.29, 1.82) is 0 Å². The van der Waals surface area contributed by atoms with Crippen LogP contribution in [-0.2, 0) is 23.1 Å². The minimum Gasteiger partial charge on any atom is -0.458 e. The molecule has 1 fully saturated rings. The maximum atomic E-state index is 12.0. The van der Waals surface area contributed by atoms with E-state index in [1.807, 2.05) is 25.4 Å². The summed E-state index contributed by atoms with van der Waals surface area (Å²) in [5, 5.41) is 0. The van der Waals surface area contributed by atoms with Crippen molar-refractivity contribution >= 4 is 5.97 Å². The number of nitrogens with zero attached hydrogens (tertiary/aromatic N) is 2. The Hall–Kier alpha value is -2.11. The lowest BCUT2D eigenvalue weighted by molar-refractivity contribution is -0.0614. The van der Waals surface area contributed by atoms with Gasteiger partial charge in [-0.25, -0.2) is 4.79 Å². The van der Waals surface area contributed by atoms with Crippen molar-refractivity contribution < 1.29 is 14.3 Å². The topological polar surface area (TPSA) is 43.7 Å². The van der Waals surface area contributed by atoms with Crippen LogP contribution in [0.2, 0.25) is 0 Å². The Morgan fingerprint density at radius 1 is 1.26 bits per heavy atom. The van der Waals surface area contributed by atoms with Crippen LogP contribution >= 0.6 is 0 Å². The second-order valence-electron chi connectivity index (χ2n) is 5.82. The van der Waals surface area contributed by atoms with E-state index in [0.29, 0.717) is 12.3 Å². The molecule has 1 aliphatic heterocycles. The number of morpholine rings is 1. The Kier molecular flexibility index (Phi) is 5.10. The maximum Gasteiger partial charge on any atom is 0.355 e. The van der Waals surface area contributed by atoms with Crippen LogP contribution in [0.1, 0.15) is 16.1 Å². The standard InChI is InChI=1S/C18H22N2O3/c1-19-9-5-8-17(19)18(21)23-14-16-13-20(10-11-22-16)12-15-6-3-2-4-7-15/h2-9,16H,10-14H2,1H3. The number of esters is 1. The quantitative estimate of drug-likeness (QED) is 0.793. The number of hydrogen-bond donors (Lipinski definition) is 0. The predicted molar refractivity (Wildman–Crippen MR) is 87.2 cm³/mol. The normalized spacial score (nSPS) is 18.7. The third-order valence-electron chi connectivity index (χ3n) is 4.03. The van der Waals surface area contributed by atoms with E-state index in [1.165, 1.54) is 5.56 Å². The lowest BCUT2D eigenvalue weighted by Gasteiger charge is -2.32. The Balaban J connectivity index is 1.49. The highest BCUT2D eigenvalue weighted by atomic mass is 16.6. The number of benzene rings is 1. The lowest BCUT2D eigenvalue weighted by atomic mass is 10.2. The van der Waals surface area contributed by atoms with Gasteiger partial charge in [-0.15, -0.1) is 0 Å². The number of ether oxygens (including phenoxy) is 2. The number of carbonyl (C=O) groups is 1. The van der Waals surface area contributed by atoms with Gasteiger partial charge in [0.15, 0.2) is 0 Å². The van der Waals surface area contributed by atoms with Crippen LogP contribution < -0.4 is 0 Å². The summed E-state index contributed by atoms with van der Waals surface area (Å²) in [5.74, 6) is -0.304. The van der Waals surface area contributed by atoms with Crippen LogP contribution in [0.25, 0.3) is 0 Å². The van der Waals surface area contributed by atoms with Gasteiger partial charge in [-0.3, -0.25) is 4.90 Å². The zero-order valence-electron chi connectivity index (χ0n) is 13.4. The molecule has 2 heterocycles. The van der Waals surface area contributed by atoms with Crippen LogP contribution in [0.5, 0.6) is 0 Å². The van der Waals surface area contributed by atoms with Crippen molar-refractivity contribution in [2.45, 2.75) is 12.6 Å². The second-order valence-corrected chi connectivity index (χ2v) is 5.82. The van der Waals surface area contributed by atoms with Crippen molar-refractivity contribution in [3.05, 3.63) is 59.9 Å². The minimum absolute atomic E-state index is 0.0725. The number of rotatable bonds is 5. The van der Waals surface area contributed by atoms with Crippen molar-refractivity contribution in [3.63, 3.8) is 0 Å². The molecule has 0 N–H and O–H groups in total. The van der Waals surface area contributed by atoms with E-state index in [2.05, 4.69) is 29.2 Å². The van der Waals surface area contributed by atoms with Gasteiger partial charge >= 0.3 is 5.97 Å². The molecule has 1 unspecified atom stereocenters. The summed E-state index contributed by atoms with van der Waals surface area (Å²) in [6.45, 7) is 3.52. The molecule has 1 saturated heterocycles. The fraction of sp³-hybridized carbons (Fsp3) is 0.389. The van der Waals surface area contributed by atoms with E-state index in [0.717, 1.165) is 19.6 Å². The van der Waals surface area contributed by atoms with E-state index in [9.17, 15) is 4.79 Å². The third-order valence-corrected chi connectivity index (χ3v) is 4.03. The lowest BCUT2D eigenvalue weighted by Crippen LogP contribution is -2.44. The highest BCUT2D eigenvalue weighted by molar-refractivity contribution is 5.87. The number of aryl methyl sites for hydroxylation is 1. The van der Waals surface area contributed by atoms with Gasteiger partial charge in [-0.1, -0.05) is 30.3 Å². The SMILES string of the molecule is Cn1cccc1C(=O)OCC1CN(Cc2ccccc2)CCO1. The molecular weight excluding hydrogens is 292 g/mol. The van der Waals surface area contributed by atoms with Gasteiger partial charge in [-0.05, 0) is 17.7 Å². The van der Waals surface area contributed by atoms with Gasteiger partial charge < -0.3 is 14.0 Å². The van der Waals surface area contributed by atoms with E-state index in [-0.39, 0.29) is 18.7 Å². The molecule has 0 saturated carbocycles. The molecule has 1 aliphatic rings. The monoisotopic (exact) mass is 314 g/mol. The molecular formula is C18H22N2O3. The molecule has 0 bridgehead atoms. The molecule has 1 atom stereocenters. The van der Waals surface area contributed by atoms with E-state index in [4.69, 9.17) is 9.47 Å². The molecule has 1 aromatic heterocycles. The third kappa shape index (κ3) is 4.21. The molecule has 23 heavy (non-hydrogen) atoms. The van der Waals surface area contributed by atoms with E-state index in [1.54, 1.807) is 10.6 Å². The first-order chi connectivity index (χ1) is 11.2. The van der Waals surface area contributed by atoms with Gasteiger partial charge in [0.05, 0.1) is 6.61 Å². The van der Waals surface area contributed by atoms with Crippen LogP contribution in [0, 0.1) is 0 Å². The van der Waals surface area contributed by atoms with Gasteiger partial charge in [0.2, 0.25) is 0 Å². The van der Waals surface area contributed by atoms with Crippen LogP contribution in [0.3, 0.4) is 0 Å². The summed E-state index contributed by atoms with van der Waals surface area (Å²) in [6.07, 6.45) is 1.76. The van der Waals surface area contributed by atoms with Crippen LogP contribution in [0.15, 0.2) is 48.7 Å². The second kappa shape index (κ2) is 7.44. The van der Waals surface area contributed by atoms with Gasteiger partial charge in [-0.2, -0.15) is 0 Å². The maximum absolute atomic E-state index is 12.0. The first-order valence-corrected chi connectivity index (χ1v) is 7.89. The average Bonchev–Trinajstić information content (AvgIpc) is 3.00. The number of hydrogen-bond acceptors (Lipinski definition) is 4. The zero-order valence-corrected chi connectivity index (χ0v) is 13.4. The summed E-state index contributed by atoms with van der Waals surface area (Å²) in [4.78, 5) is 14.4. The highest BCUT2D eigenvalue weighted by Gasteiger charge is 2.22. The Labute approximate surface area is 136 Å². The summed E-state index contributed by atoms with van der Waals surface area (Å²) >= 11 is 0. The van der Waals surface area contributed by atoms with Crippen LogP contribution in [0.4, 0.5) is 0 Å². The molecule has 2 aromatic rings. The fourth-order valence-electron chi connectivity index (χ4n) is 2.78. The fourth-order valence-corrected chi connectivity index (χ4v) is 2.78. The molecule has 0 amide bonds. The zero-order chi connectivity index (χ0) is 16.1. The summed E-state index contributed by atoms with van der Waals surface area (Å²) in [5.41, 5.74) is 1.84. The van der Waals surface area contributed by atoms with Gasteiger partial charge in [0.25, 0.3) is 0 Å². The van der Waals surface area contributed by atoms with Crippen molar-refractivity contribution in [2.24, 2.45) is 7.05 Å². The smallest absolute Gasteiger partial charge is 0.355 e. The number of aromatic nitrogens is 1. The predicted octanol–water partition coefficient (Wildman–Crippen LogP) is 2.08. The highest BCUT2D eigenvalue weighted by Crippen LogP contribution is 2.11. The molecule has 5 heteroatoms. The Bertz CT molecular complexity index is 639. The largest absolute Gasteiger partial charge is 0.458 e. The van der Waals surface area contributed by atoms with Gasteiger partial charge in [0.1, 0.15) is 18.4 Å². The van der Waals surface area contributed by atoms with Crippen LogP contribution in [-0.4, -0.2) is 47.8 Å². The molecule has 0 radical (unpaired) electrons. The van der Waals surface area contributed by atoms with E-state index >= 15 is 0 Å². The van der Waals surface area contributed by atoms with Gasteiger partial charge in [0, 0.05) is 32.9 Å². The molecule has 3 rings (SSSR count). The van der Waals surface area contributed by atoms with Crippen molar-refractivity contribution in [3.8, 4) is 0 Å². The average molecular weight is 314 g/mol. The molecule has 0 spiro atoms. The summed E-state index contributed by atoms with van der Waals surface area (Å²) < 4.78 is 12.9. The molecule has 122 valence electrons. The molecule has 1 aromatic carbocycles. The minimum atomic E-state index is -0.304. The Morgan fingerprint density at radius 2 is 2.09 bits per heavy atom. The Morgan fingerprint density at radius 3 is 2.83 bits per heavy atom. The van der Waals surface area contributed by atoms with Crippen molar-refractivity contribution in [2.75, 3.05) is 26.3 Å². The van der Waals surface area contributed by atoms with E-state index < -0.39 is 0 Å². The summed E-state index contributed by atoms with van der Waals surface area (Å²) in [7, 11) is 1.83. The number of carbonyl (C=O) groups excluding carboxylic acids is 1. The molecule has 5 nitrogen and oxygen atoms in total. The molecule has 0 aliphatic carbocycles.